The van der Waals surface area contributed by atoms with Crippen LogP contribution in [0.15, 0.2) is 118 Å². The van der Waals surface area contributed by atoms with Crippen molar-refractivity contribution in [1.82, 2.24) is 0 Å². The van der Waals surface area contributed by atoms with Crippen LogP contribution in [0, 0.1) is 0 Å². The topological polar surface area (TPSA) is 26.3 Å². The van der Waals surface area contributed by atoms with E-state index in [0.717, 1.165) is 76.9 Å². The van der Waals surface area contributed by atoms with Crippen LogP contribution in [0.3, 0.4) is 0 Å². The van der Waals surface area contributed by atoms with Gasteiger partial charge >= 0.3 is 0 Å². The Morgan fingerprint density at radius 2 is 0.842 bits per heavy atom. The van der Waals surface area contributed by atoms with E-state index in [0.29, 0.717) is 10.0 Å². The molecule has 0 saturated heterocycles. The molecule has 0 N–H and O–H groups in total. The normalized spacial score (nSPS) is 11.9. The second kappa shape index (κ2) is 8.13. The first-order valence-electron chi connectivity index (χ1n) is 12.4. The van der Waals surface area contributed by atoms with Gasteiger partial charge in [0.1, 0.15) is 22.3 Å². The first kappa shape index (κ1) is 21.8. The van der Waals surface area contributed by atoms with Crippen LogP contribution in [0.2, 0.25) is 10.0 Å². The van der Waals surface area contributed by atoms with Crippen LogP contribution < -0.4 is 0 Å². The highest BCUT2D eigenvalue weighted by atomic mass is 35.5. The summed E-state index contributed by atoms with van der Waals surface area (Å²) in [5.74, 6) is 0. The minimum atomic E-state index is 0.646. The Labute approximate surface area is 227 Å². The first-order valence-corrected chi connectivity index (χ1v) is 13.2. The molecule has 4 heteroatoms. The van der Waals surface area contributed by atoms with Crippen molar-refractivity contribution in [3.05, 3.63) is 119 Å². The van der Waals surface area contributed by atoms with Gasteiger partial charge in [0.05, 0.1) is 0 Å². The fraction of sp³-hybridized carbons (Fsp3) is 0. The molecule has 0 amide bonds. The minimum Gasteiger partial charge on any atom is -0.455 e. The van der Waals surface area contributed by atoms with E-state index < -0.39 is 0 Å². The van der Waals surface area contributed by atoms with Crippen molar-refractivity contribution in [3.8, 4) is 22.3 Å². The quantitative estimate of drug-likeness (QED) is 0.223. The van der Waals surface area contributed by atoms with Gasteiger partial charge in [-0.2, -0.15) is 0 Å². The van der Waals surface area contributed by atoms with E-state index in [4.69, 9.17) is 32.0 Å². The highest BCUT2D eigenvalue weighted by Crippen LogP contribution is 2.48. The molecular weight excluding hydrogens is 511 g/mol. The van der Waals surface area contributed by atoms with Crippen molar-refractivity contribution in [1.29, 1.82) is 0 Å². The van der Waals surface area contributed by atoms with Crippen LogP contribution in [-0.2, 0) is 0 Å². The maximum Gasteiger partial charge on any atom is 0.143 e. The summed E-state index contributed by atoms with van der Waals surface area (Å²) in [6.45, 7) is 0. The lowest BCUT2D eigenvalue weighted by molar-refractivity contribution is 0.669. The summed E-state index contributed by atoms with van der Waals surface area (Å²) in [5, 5.41) is 7.68. The number of hydrogen-bond acceptors (Lipinski definition) is 2. The molecule has 180 valence electrons. The second-order valence-electron chi connectivity index (χ2n) is 9.57. The molecule has 2 aromatic heterocycles. The summed E-state index contributed by atoms with van der Waals surface area (Å²) in [4.78, 5) is 0. The van der Waals surface area contributed by atoms with E-state index in [2.05, 4.69) is 48.5 Å². The first-order chi connectivity index (χ1) is 18.7. The molecule has 0 saturated carbocycles. The molecule has 8 aromatic rings. The predicted molar refractivity (Wildman–Crippen MR) is 159 cm³/mol. The predicted octanol–water partition coefficient (Wildman–Crippen LogP) is 11.3. The lowest BCUT2D eigenvalue weighted by Crippen LogP contribution is -1.86. The SMILES string of the molecule is Clc1ccc2c(c1)oc1c(-c3ccccc3)cc3c(cc(-c4ccccc4)c4oc5cc(Cl)ccc5c43)c12. The van der Waals surface area contributed by atoms with E-state index in [9.17, 15) is 0 Å². The molecule has 0 aliphatic carbocycles. The summed E-state index contributed by atoms with van der Waals surface area (Å²) in [6.07, 6.45) is 0. The van der Waals surface area contributed by atoms with Crippen LogP contribution in [0.5, 0.6) is 0 Å². The number of benzene rings is 6. The van der Waals surface area contributed by atoms with Gasteiger partial charge in [-0.1, -0.05) is 83.9 Å². The maximum atomic E-state index is 6.54. The van der Waals surface area contributed by atoms with Gasteiger partial charge in [0.15, 0.2) is 0 Å². The highest BCUT2D eigenvalue weighted by molar-refractivity contribution is 6.35. The van der Waals surface area contributed by atoms with Gasteiger partial charge in [0, 0.05) is 54.8 Å². The monoisotopic (exact) mass is 528 g/mol. The second-order valence-corrected chi connectivity index (χ2v) is 10.4. The molecule has 0 aliphatic heterocycles. The van der Waals surface area contributed by atoms with Crippen LogP contribution >= 0.6 is 23.2 Å². The average molecular weight is 529 g/mol. The zero-order chi connectivity index (χ0) is 25.4. The van der Waals surface area contributed by atoms with Crippen molar-refractivity contribution >= 4 is 77.9 Å². The van der Waals surface area contributed by atoms with Gasteiger partial charge in [0.2, 0.25) is 0 Å². The fourth-order valence-electron chi connectivity index (χ4n) is 5.71. The molecule has 2 nitrogen and oxygen atoms in total. The summed E-state index contributed by atoms with van der Waals surface area (Å²) in [5.41, 5.74) is 7.44. The Morgan fingerprint density at radius 3 is 1.26 bits per heavy atom. The Balaban J connectivity index is 1.66. The molecule has 0 atom stereocenters. The third-order valence-electron chi connectivity index (χ3n) is 7.37. The Bertz CT molecular complexity index is 2030. The number of furan rings is 2. The van der Waals surface area contributed by atoms with E-state index in [1.165, 1.54) is 0 Å². The number of fused-ring (bicyclic) bond motifs is 9. The molecular formula is C34H18Cl2O2. The van der Waals surface area contributed by atoms with Crippen LogP contribution in [0.4, 0.5) is 0 Å². The molecule has 6 aromatic carbocycles. The molecule has 0 spiro atoms. The van der Waals surface area contributed by atoms with Crippen molar-refractivity contribution < 1.29 is 8.83 Å². The summed E-state index contributed by atoms with van der Waals surface area (Å²) < 4.78 is 13.1. The van der Waals surface area contributed by atoms with E-state index in [-0.39, 0.29) is 0 Å². The third-order valence-corrected chi connectivity index (χ3v) is 7.84. The standard InChI is InChI=1S/C34H18Cl2O2/c35-21-11-13-23-29(15-21)37-33-25(19-7-3-1-4-8-19)17-27-28(31(23)33)18-26(20-9-5-2-6-10-20)34-32(27)24-14-12-22(36)16-30(24)38-34/h1-18H. The van der Waals surface area contributed by atoms with Gasteiger partial charge in [-0.15, -0.1) is 0 Å². The third kappa shape index (κ3) is 3.14. The Kier molecular flexibility index (Phi) is 4.66. The summed E-state index contributed by atoms with van der Waals surface area (Å²) in [7, 11) is 0. The smallest absolute Gasteiger partial charge is 0.143 e. The molecule has 0 radical (unpaired) electrons. The Hall–Kier alpha value is -4.24. The van der Waals surface area contributed by atoms with Crippen LogP contribution in [-0.4, -0.2) is 0 Å². The molecule has 2 heterocycles. The molecule has 0 unspecified atom stereocenters. The van der Waals surface area contributed by atoms with Crippen LogP contribution in [0.25, 0.3) is 76.9 Å². The van der Waals surface area contributed by atoms with Crippen molar-refractivity contribution in [3.63, 3.8) is 0 Å². The van der Waals surface area contributed by atoms with Gasteiger partial charge in [-0.05, 0) is 58.3 Å². The van der Waals surface area contributed by atoms with Gasteiger partial charge in [-0.3, -0.25) is 0 Å². The largest absolute Gasteiger partial charge is 0.455 e. The zero-order valence-corrected chi connectivity index (χ0v) is 21.5. The highest BCUT2D eigenvalue weighted by Gasteiger charge is 2.22. The average Bonchev–Trinajstić information content (AvgIpc) is 3.51. The molecule has 8 rings (SSSR count). The molecule has 0 aliphatic rings. The van der Waals surface area contributed by atoms with E-state index in [1.807, 2.05) is 60.7 Å². The summed E-state index contributed by atoms with van der Waals surface area (Å²) >= 11 is 12.8. The molecule has 0 fully saturated rings. The van der Waals surface area contributed by atoms with Gasteiger partial charge in [-0.25, -0.2) is 0 Å². The summed E-state index contributed by atoms with van der Waals surface area (Å²) in [6, 6.07) is 36.9. The van der Waals surface area contributed by atoms with Crippen molar-refractivity contribution in [2.24, 2.45) is 0 Å². The lowest BCUT2D eigenvalue weighted by Gasteiger charge is -2.11. The van der Waals surface area contributed by atoms with Crippen molar-refractivity contribution in [2.45, 2.75) is 0 Å². The van der Waals surface area contributed by atoms with E-state index in [1.54, 1.807) is 0 Å². The fourth-order valence-corrected chi connectivity index (χ4v) is 6.03. The van der Waals surface area contributed by atoms with Gasteiger partial charge in [0.25, 0.3) is 0 Å². The zero-order valence-electron chi connectivity index (χ0n) is 20.0. The van der Waals surface area contributed by atoms with Gasteiger partial charge < -0.3 is 8.83 Å². The minimum absolute atomic E-state index is 0.646. The lowest BCUT2D eigenvalue weighted by atomic mass is 9.91. The molecule has 38 heavy (non-hydrogen) atoms. The molecule has 0 bridgehead atoms. The van der Waals surface area contributed by atoms with Crippen LogP contribution in [0.1, 0.15) is 0 Å². The number of halogens is 2. The maximum absolute atomic E-state index is 6.54. The van der Waals surface area contributed by atoms with E-state index >= 15 is 0 Å². The number of rotatable bonds is 2. The number of hydrogen-bond donors (Lipinski definition) is 0. The van der Waals surface area contributed by atoms with Crippen molar-refractivity contribution in [2.75, 3.05) is 0 Å². The Morgan fingerprint density at radius 1 is 0.421 bits per heavy atom.